The van der Waals surface area contributed by atoms with E-state index in [1.807, 2.05) is 99.6 Å². The molecule has 0 aliphatic heterocycles. The van der Waals surface area contributed by atoms with Crippen molar-refractivity contribution in [3.63, 3.8) is 0 Å². The first-order chi connectivity index (χ1) is 18.8. The number of benzene rings is 4. The Balaban J connectivity index is 1.62. The number of rotatable bonds is 9. The van der Waals surface area contributed by atoms with Crippen molar-refractivity contribution < 1.29 is 14.4 Å². The normalized spacial score (nSPS) is 11.1. The average molecular weight is 585 g/mol. The number of aryl methyl sites for hydroxylation is 2. The number of nitrogens with zero attached hydrogens (tertiary/aromatic N) is 2. The Morgan fingerprint density at radius 1 is 0.846 bits per heavy atom. The number of para-hydroxylation sites is 2. The lowest BCUT2D eigenvalue weighted by Crippen LogP contribution is -2.35. The first-order valence-electron chi connectivity index (χ1n) is 12.6. The van der Waals surface area contributed by atoms with E-state index >= 15 is 0 Å². The minimum absolute atomic E-state index is 0.255. The predicted octanol–water partition coefficient (Wildman–Crippen LogP) is 7.29. The van der Waals surface area contributed by atoms with Crippen LogP contribution in [0, 0.1) is 13.8 Å². The molecule has 0 aliphatic rings. The summed E-state index contributed by atoms with van der Waals surface area (Å²) in [5.74, 6) is -0.620. The van der Waals surface area contributed by atoms with Crippen LogP contribution in [0.15, 0.2) is 107 Å². The summed E-state index contributed by atoms with van der Waals surface area (Å²) >= 11 is 3.46. The van der Waals surface area contributed by atoms with E-state index in [0.29, 0.717) is 17.0 Å². The van der Waals surface area contributed by atoms with Gasteiger partial charge in [0.15, 0.2) is 6.61 Å². The fraction of sp³-hybridized carbons (Fsp3) is 0.156. The second-order valence-corrected chi connectivity index (χ2v) is 10.1. The Morgan fingerprint density at radius 3 is 2.18 bits per heavy atom. The highest BCUT2D eigenvalue weighted by Gasteiger charge is 2.23. The lowest BCUT2D eigenvalue weighted by atomic mass is 10.1. The first-order valence-corrected chi connectivity index (χ1v) is 13.4. The molecule has 2 amide bonds. The molecule has 4 aromatic carbocycles. The highest BCUT2D eigenvalue weighted by molar-refractivity contribution is 9.10. The van der Waals surface area contributed by atoms with Crippen molar-refractivity contribution in [3.05, 3.63) is 129 Å². The van der Waals surface area contributed by atoms with Gasteiger partial charge >= 0.3 is 0 Å². The maximum atomic E-state index is 13.6. The molecule has 0 unspecified atom stereocenters. The lowest BCUT2D eigenvalue weighted by molar-refractivity contribution is -0.123. The zero-order valence-electron chi connectivity index (χ0n) is 22.1. The summed E-state index contributed by atoms with van der Waals surface area (Å²) in [7, 11) is 0. The largest absolute Gasteiger partial charge is 0.385 e. The van der Waals surface area contributed by atoms with Gasteiger partial charge in [-0.05, 0) is 67.3 Å². The van der Waals surface area contributed by atoms with Crippen molar-refractivity contribution in [1.29, 1.82) is 0 Å². The van der Waals surface area contributed by atoms with Crippen molar-refractivity contribution in [2.24, 2.45) is 5.16 Å². The van der Waals surface area contributed by atoms with Crippen molar-refractivity contribution in [1.82, 2.24) is 0 Å². The molecule has 0 aromatic heterocycles. The van der Waals surface area contributed by atoms with Gasteiger partial charge in [0.25, 0.3) is 11.8 Å². The topological polar surface area (TPSA) is 71.0 Å². The molecule has 0 atom stereocenters. The van der Waals surface area contributed by atoms with Gasteiger partial charge in [0.2, 0.25) is 0 Å². The van der Waals surface area contributed by atoms with Gasteiger partial charge in [-0.3, -0.25) is 9.59 Å². The molecule has 4 rings (SSSR count). The van der Waals surface area contributed by atoms with Gasteiger partial charge in [-0.25, -0.2) is 0 Å². The monoisotopic (exact) mass is 583 g/mol. The van der Waals surface area contributed by atoms with Crippen LogP contribution in [0.5, 0.6) is 0 Å². The van der Waals surface area contributed by atoms with Crippen molar-refractivity contribution >= 4 is 44.8 Å². The predicted molar refractivity (Wildman–Crippen MR) is 160 cm³/mol. The van der Waals surface area contributed by atoms with Crippen LogP contribution in [0.1, 0.15) is 39.5 Å². The van der Waals surface area contributed by atoms with Crippen molar-refractivity contribution in [2.75, 3.05) is 16.8 Å². The molecule has 0 aliphatic carbocycles. The van der Waals surface area contributed by atoms with Crippen molar-refractivity contribution in [2.45, 2.75) is 27.3 Å². The fourth-order valence-corrected chi connectivity index (χ4v) is 4.43. The summed E-state index contributed by atoms with van der Waals surface area (Å²) in [6.45, 7) is 5.70. The van der Waals surface area contributed by atoms with Crippen LogP contribution >= 0.6 is 15.9 Å². The molecule has 198 valence electrons. The molecular formula is C32H30BrN3O3. The Hall–Kier alpha value is -4.23. The van der Waals surface area contributed by atoms with Crippen LogP contribution in [-0.2, 0) is 16.2 Å². The molecule has 0 radical (unpaired) electrons. The minimum Gasteiger partial charge on any atom is -0.385 e. The van der Waals surface area contributed by atoms with Gasteiger partial charge in [-0.15, -0.1) is 0 Å². The smallest absolute Gasteiger partial charge is 0.268 e. The van der Waals surface area contributed by atoms with E-state index in [2.05, 4.69) is 26.4 Å². The third-order valence-electron chi connectivity index (χ3n) is 6.30. The third-order valence-corrected chi connectivity index (χ3v) is 6.82. The molecule has 0 saturated carbocycles. The van der Waals surface area contributed by atoms with E-state index in [9.17, 15) is 9.59 Å². The molecular weight excluding hydrogens is 554 g/mol. The maximum Gasteiger partial charge on any atom is 0.268 e. The van der Waals surface area contributed by atoms with Crippen LogP contribution in [-0.4, -0.2) is 24.1 Å². The second kappa shape index (κ2) is 13.0. The SMILES string of the molecule is CC(=NOCC(=O)N(Cc1ccc(Br)cc1)c1ccccc1C(=O)Nc1c(C)cccc1C)c1ccccc1. The number of carbonyl (C=O) groups excluding carboxylic acids is 2. The summed E-state index contributed by atoms with van der Waals surface area (Å²) in [5, 5.41) is 7.19. The van der Waals surface area contributed by atoms with Crippen LogP contribution in [0.2, 0.25) is 0 Å². The standard InChI is InChI=1S/C32H30BrN3O3/c1-22-10-9-11-23(2)31(22)34-32(38)28-14-7-8-15-29(28)36(20-25-16-18-27(33)19-17-25)30(37)21-39-35-24(3)26-12-5-4-6-13-26/h4-19H,20-21H2,1-3H3,(H,34,38). The zero-order valence-corrected chi connectivity index (χ0v) is 23.7. The van der Waals surface area contributed by atoms with E-state index in [4.69, 9.17) is 4.84 Å². The van der Waals surface area contributed by atoms with E-state index in [1.54, 1.807) is 23.1 Å². The molecule has 0 saturated heterocycles. The van der Waals surface area contributed by atoms with Gasteiger partial charge in [0, 0.05) is 10.2 Å². The van der Waals surface area contributed by atoms with Crippen LogP contribution < -0.4 is 10.2 Å². The molecule has 6 nitrogen and oxygen atoms in total. The van der Waals surface area contributed by atoms with E-state index < -0.39 is 0 Å². The number of halogens is 1. The highest BCUT2D eigenvalue weighted by atomic mass is 79.9. The van der Waals surface area contributed by atoms with Gasteiger partial charge < -0.3 is 15.1 Å². The van der Waals surface area contributed by atoms with Crippen LogP contribution in [0.25, 0.3) is 0 Å². The fourth-order valence-electron chi connectivity index (χ4n) is 4.17. The number of nitrogens with one attached hydrogen (secondary N) is 1. The minimum atomic E-state index is -0.324. The molecule has 1 N–H and O–H groups in total. The van der Waals surface area contributed by atoms with Gasteiger partial charge in [0.05, 0.1) is 23.5 Å². The number of anilines is 2. The number of oxime groups is 1. The number of carbonyl (C=O) groups is 2. The van der Waals surface area contributed by atoms with Gasteiger partial charge in [-0.2, -0.15) is 0 Å². The molecule has 4 aromatic rings. The third kappa shape index (κ3) is 7.21. The summed E-state index contributed by atoms with van der Waals surface area (Å²) in [5.41, 5.74) is 6.03. The average Bonchev–Trinajstić information content (AvgIpc) is 2.95. The summed E-state index contributed by atoms with van der Waals surface area (Å²) in [6, 6.07) is 30.3. The van der Waals surface area contributed by atoms with Gasteiger partial charge in [-0.1, -0.05) is 93.9 Å². The summed E-state index contributed by atoms with van der Waals surface area (Å²) < 4.78 is 0.937. The Kier molecular flexibility index (Phi) is 9.28. The van der Waals surface area contributed by atoms with E-state index in [1.165, 1.54) is 0 Å². The highest BCUT2D eigenvalue weighted by Crippen LogP contribution is 2.26. The maximum absolute atomic E-state index is 13.6. The Bertz CT molecular complexity index is 1460. The quantitative estimate of drug-likeness (QED) is 0.166. The van der Waals surface area contributed by atoms with E-state index in [0.717, 1.165) is 32.4 Å². The molecule has 0 bridgehead atoms. The molecule has 0 heterocycles. The van der Waals surface area contributed by atoms with E-state index in [-0.39, 0.29) is 25.0 Å². The summed E-state index contributed by atoms with van der Waals surface area (Å²) in [6.07, 6.45) is 0. The molecule has 0 spiro atoms. The number of hydrogen-bond acceptors (Lipinski definition) is 4. The zero-order chi connectivity index (χ0) is 27.8. The second-order valence-electron chi connectivity index (χ2n) is 9.16. The number of amides is 2. The molecule has 7 heteroatoms. The van der Waals surface area contributed by atoms with Crippen LogP contribution in [0.4, 0.5) is 11.4 Å². The van der Waals surface area contributed by atoms with Gasteiger partial charge in [0.1, 0.15) is 0 Å². The molecule has 39 heavy (non-hydrogen) atoms. The summed E-state index contributed by atoms with van der Waals surface area (Å²) in [4.78, 5) is 34.1. The molecule has 0 fully saturated rings. The van der Waals surface area contributed by atoms with Crippen LogP contribution in [0.3, 0.4) is 0 Å². The Labute approximate surface area is 237 Å². The van der Waals surface area contributed by atoms with Crippen molar-refractivity contribution in [3.8, 4) is 0 Å². The number of hydrogen-bond donors (Lipinski definition) is 1. The first kappa shape index (κ1) is 27.8. The lowest BCUT2D eigenvalue weighted by Gasteiger charge is -2.25. The Morgan fingerprint density at radius 2 is 1.49 bits per heavy atom.